The quantitative estimate of drug-likeness (QED) is 0.363. The zero-order valence-corrected chi connectivity index (χ0v) is 17.2. The van der Waals surface area contributed by atoms with E-state index in [0.29, 0.717) is 5.69 Å². The molecule has 0 aliphatic rings. The summed E-state index contributed by atoms with van der Waals surface area (Å²) in [6.07, 6.45) is 5.26. The molecule has 2 aromatic heterocycles. The molecule has 0 aliphatic heterocycles. The first kappa shape index (κ1) is 19.5. The van der Waals surface area contributed by atoms with Crippen molar-refractivity contribution in [2.75, 3.05) is 5.32 Å². The van der Waals surface area contributed by atoms with Crippen molar-refractivity contribution in [3.63, 3.8) is 0 Å². The summed E-state index contributed by atoms with van der Waals surface area (Å²) in [5, 5.41) is 12.4. The Morgan fingerprint density at radius 3 is 2.50 bits per heavy atom. The standard InChI is InChI=1S/C25H23N3O2/c1-16-4-6-19(7-5-16)25-22(28-13-12-17(2)14-23(28)27-25)10-11-24(30)26-21-9-8-20(29)15-18(21)3/h4-15,29H,1-3H3,(H,26,30)/b11-10+. The van der Waals surface area contributed by atoms with Crippen molar-refractivity contribution in [3.05, 3.63) is 89.3 Å². The van der Waals surface area contributed by atoms with E-state index in [2.05, 4.69) is 17.4 Å². The molecule has 0 atom stereocenters. The van der Waals surface area contributed by atoms with Gasteiger partial charge < -0.3 is 10.4 Å². The highest BCUT2D eigenvalue weighted by molar-refractivity contribution is 6.02. The van der Waals surface area contributed by atoms with E-state index < -0.39 is 0 Å². The molecule has 1 amide bonds. The Labute approximate surface area is 175 Å². The SMILES string of the molecule is Cc1ccc(-c2nc3cc(C)ccn3c2/C=C/C(=O)Nc2ccc(O)cc2C)cc1. The molecule has 150 valence electrons. The molecular formula is C25H23N3O2. The van der Waals surface area contributed by atoms with Crippen molar-refractivity contribution in [2.24, 2.45) is 0 Å². The molecule has 0 spiro atoms. The number of amides is 1. The molecule has 0 radical (unpaired) electrons. The number of aromatic hydroxyl groups is 1. The number of carbonyl (C=O) groups is 1. The second-order valence-corrected chi connectivity index (χ2v) is 7.47. The number of aryl methyl sites for hydroxylation is 3. The maximum Gasteiger partial charge on any atom is 0.248 e. The smallest absolute Gasteiger partial charge is 0.248 e. The number of nitrogens with one attached hydrogen (secondary N) is 1. The third-order valence-electron chi connectivity index (χ3n) is 5.00. The molecule has 2 heterocycles. The van der Waals surface area contributed by atoms with E-state index in [4.69, 9.17) is 4.98 Å². The second-order valence-electron chi connectivity index (χ2n) is 7.47. The van der Waals surface area contributed by atoms with E-state index in [1.54, 1.807) is 24.3 Å². The van der Waals surface area contributed by atoms with Crippen molar-refractivity contribution < 1.29 is 9.90 Å². The van der Waals surface area contributed by atoms with E-state index in [0.717, 1.165) is 33.7 Å². The first-order valence-corrected chi connectivity index (χ1v) is 9.75. The van der Waals surface area contributed by atoms with Crippen LogP contribution in [0.4, 0.5) is 5.69 Å². The Bertz CT molecular complexity index is 1270. The number of rotatable bonds is 4. The number of imidazole rings is 1. The molecule has 0 saturated carbocycles. The first-order chi connectivity index (χ1) is 14.4. The minimum Gasteiger partial charge on any atom is -0.508 e. The number of pyridine rings is 1. The number of aromatic nitrogens is 2. The molecule has 0 bridgehead atoms. The van der Waals surface area contributed by atoms with Gasteiger partial charge in [-0.15, -0.1) is 0 Å². The molecule has 5 nitrogen and oxygen atoms in total. The third-order valence-corrected chi connectivity index (χ3v) is 5.00. The van der Waals surface area contributed by atoms with Crippen molar-refractivity contribution in [3.8, 4) is 17.0 Å². The van der Waals surface area contributed by atoms with Gasteiger partial charge >= 0.3 is 0 Å². The Balaban J connectivity index is 1.70. The molecule has 4 aromatic rings. The number of carbonyl (C=O) groups excluding carboxylic acids is 1. The normalized spacial score (nSPS) is 11.3. The predicted octanol–water partition coefficient (Wildman–Crippen LogP) is 5.28. The van der Waals surface area contributed by atoms with Crippen molar-refractivity contribution >= 4 is 23.3 Å². The second kappa shape index (κ2) is 7.87. The van der Waals surface area contributed by atoms with Crippen molar-refractivity contribution in [1.82, 2.24) is 9.38 Å². The fourth-order valence-electron chi connectivity index (χ4n) is 3.37. The zero-order chi connectivity index (χ0) is 21.3. The van der Waals surface area contributed by atoms with Crippen LogP contribution in [0.3, 0.4) is 0 Å². The highest BCUT2D eigenvalue weighted by Gasteiger charge is 2.13. The van der Waals surface area contributed by atoms with Gasteiger partial charge in [0, 0.05) is 23.5 Å². The van der Waals surface area contributed by atoms with Crippen LogP contribution in [-0.4, -0.2) is 20.4 Å². The van der Waals surface area contributed by atoms with Crippen LogP contribution in [0, 0.1) is 20.8 Å². The summed E-state index contributed by atoms with van der Waals surface area (Å²) in [5.74, 6) is -0.0782. The van der Waals surface area contributed by atoms with Crippen molar-refractivity contribution in [1.29, 1.82) is 0 Å². The van der Waals surface area contributed by atoms with Gasteiger partial charge in [-0.1, -0.05) is 29.8 Å². The number of phenols is 1. The lowest BCUT2D eigenvalue weighted by Gasteiger charge is -2.06. The largest absolute Gasteiger partial charge is 0.508 e. The van der Waals surface area contributed by atoms with Gasteiger partial charge in [0.2, 0.25) is 5.91 Å². The summed E-state index contributed by atoms with van der Waals surface area (Å²) in [7, 11) is 0. The molecular weight excluding hydrogens is 374 g/mol. The Kier molecular flexibility index (Phi) is 5.11. The number of fused-ring (bicyclic) bond motifs is 1. The molecule has 0 saturated heterocycles. The lowest BCUT2D eigenvalue weighted by Crippen LogP contribution is -2.08. The Morgan fingerprint density at radius 2 is 1.77 bits per heavy atom. The zero-order valence-electron chi connectivity index (χ0n) is 17.2. The van der Waals surface area contributed by atoms with Crippen LogP contribution in [0.5, 0.6) is 5.75 Å². The Hall–Kier alpha value is -3.86. The van der Waals surface area contributed by atoms with Crippen LogP contribution in [0.2, 0.25) is 0 Å². The summed E-state index contributed by atoms with van der Waals surface area (Å²) >= 11 is 0. The molecule has 0 fully saturated rings. The number of anilines is 1. The lowest BCUT2D eigenvalue weighted by molar-refractivity contribution is -0.111. The summed E-state index contributed by atoms with van der Waals surface area (Å²) in [4.78, 5) is 17.3. The molecule has 0 aliphatic carbocycles. The van der Waals surface area contributed by atoms with Gasteiger partial charge in [0.25, 0.3) is 0 Å². The number of nitrogens with zero attached hydrogens (tertiary/aromatic N) is 2. The summed E-state index contributed by atoms with van der Waals surface area (Å²) in [5.41, 5.74) is 7.25. The van der Waals surface area contributed by atoms with E-state index in [1.165, 1.54) is 11.6 Å². The monoisotopic (exact) mass is 397 g/mol. The highest BCUT2D eigenvalue weighted by Crippen LogP contribution is 2.27. The fraction of sp³-hybridized carbons (Fsp3) is 0.120. The topological polar surface area (TPSA) is 66.6 Å². The first-order valence-electron chi connectivity index (χ1n) is 9.75. The summed E-state index contributed by atoms with van der Waals surface area (Å²) in [6, 6.07) is 17.1. The van der Waals surface area contributed by atoms with E-state index in [1.807, 2.05) is 55.6 Å². The average molecular weight is 397 g/mol. The molecule has 5 heteroatoms. The molecule has 0 unspecified atom stereocenters. The van der Waals surface area contributed by atoms with Crippen LogP contribution in [0.1, 0.15) is 22.4 Å². The van der Waals surface area contributed by atoms with E-state index in [-0.39, 0.29) is 11.7 Å². The van der Waals surface area contributed by atoms with Crippen molar-refractivity contribution in [2.45, 2.75) is 20.8 Å². The van der Waals surface area contributed by atoms with Crippen LogP contribution >= 0.6 is 0 Å². The van der Waals surface area contributed by atoms with Gasteiger partial charge in [0.15, 0.2) is 0 Å². The minimum atomic E-state index is -0.249. The number of hydrogen-bond acceptors (Lipinski definition) is 3. The van der Waals surface area contributed by atoms with Gasteiger partial charge in [0.05, 0.1) is 11.4 Å². The highest BCUT2D eigenvalue weighted by atomic mass is 16.3. The molecule has 2 N–H and O–H groups in total. The maximum atomic E-state index is 12.5. The lowest BCUT2D eigenvalue weighted by atomic mass is 10.1. The predicted molar refractivity (Wildman–Crippen MR) is 121 cm³/mol. The fourth-order valence-corrected chi connectivity index (χ4v) is 3.37. The van der Waals surface area contributed by atoms with E-state index in [9.17, 15) is 9.90 Å². The van der Waals surface area contributed by atoms with Crippen LogP contribution in [-0.2, 0) is 4.79 Å². The van der Waals surface area contributed by atoms with Gasteiger partial charge in [-0.05, 0) is 68.3 Å². The minimum absolute atomic E-state index is 0.171. The maximum absolute atomic E-state index is 12.5. The van der Waals surface area contributed by atoms with E-state index >= 15 is 0 Å². The van der Waals surface area contributed by atoms with Crippen LogP contribution in [0.25, 0.3) is 23.0 Å². The van der Waals surface area contributed by atoms with Gasteiger partial charge in [-0.25, -0.2) is 4.98 Å². The number of benzene rings is 2. The average Bonchev–Trinajstić information content (AvgIpc) is 3.06. The molecule has 30 heavy (non-hydrogen) atoms. The molecule has 4 rings (SSSR count). The van der Waals surface area contributed by atoms with Gasteiger partial charge in [-0.3, -0.25) is 9.20 Å². The number of hydrogen-bond donors (Lipinski definition) is 2. The van der Waals surface area contributed by atoms with Gasteiger partial charge in [0.1, 0.15) is 11.4 Å². The van der Waals surface area contributed by atoms with Crippen LogP contribution in [0.15, 0.2) is 66.9 Å². The Morgan fingerprint density at radius 1 is 1.00 bits per heavy atom. The summed E-state index contributed by atoms with van der Waals surface area (Å²) in [6.45, 7) is 5.91. The molecule has 2 aromatic carbocycles. The summed E-state index contributed by atoms with van der Waals surface area (Å²) < 4.78 is 1.98. The van der Waals surface area contributed by atoms with Crippen LogP contribution < -0.4 is 5.32 Å². The third kappa shape index (κ3) is 3.96. The number of phenolic OH excluding ortho intramolecular Hbond substituents is 1. The van der Waals surface area contributed by atoms with Gasteiger partial charge in [-0.2, -0.15) is 0 Å².